The van der Waals surface area contributed by atoms with Crippen LogP contribution in [0.2, 0.25) is 0 Å². The molecule has 0 fully saturated rings. The summed E-state index contributed by atoms with van der Waals surface area (Å²) >= 11 is 0. The Hall–Kier alpha value is -1.44. The molecule has 74 valence electrons. The Balaban J connectivity index is 2.49. The zero-order valence-electron chi connectivity index (χ0n) is 8.29. The van der Waals surface area contributed by atoms with Crippen molar-refractivity contribution in [3.05, 3.63) is 29.3 Å². The SMILES string of the molecule is COc1cc2c(cc1O)CCCC=C2. The van der Waals surface area contributed by atoms with Crippen LogP contribution in [0.25, 0.3) is 6.08 Å². The van der Waals surface area contributed by atoms with Crippen molar-refractivity contribution in [2.45, 2.75) is 19.3 Å². The van der Waals surface area contributed by atoms with Gasteiger partial charge >= 0.3 is 0 Å². The van der Waals surface area contributed by atoms with Crippen molar-refractivity contribution in [2.24, 2.45) is 0 Å². The third-order valence-electron chi connectivity index (χ3n) is 2.56. The zero-order chi connectivity index (χ0) is 9.97. The Morgan fingerprint density at radius 1 is 1.36 bits per heavy atom. The average molecular weight is 190 g/mol. The number of fused-ring (bicyclic) bond motifs is 1. The van der Waals surface area contributed by atoms with E-state index in [0.717, 1.165) is 24.8 Å². The summed E-state index contributed by atoms with van der Waals surface area (Å²) in [6, 6.07) is 3.70. The lowest BCUT2D eigenvalue weighted by Crippen LogP contribution is -1.91. The lowest BCUT2D eigenvalue weighted by molar-refractivity contribution is 0.373. The van der Waals surface area contributed by atoms with Crippen molar-refractivity contribution in [3.63, 3.8) is 0 Å². The maximum absolute atomic E-state index is 9.61. The van der Waals surface area contributed by atoms with Crippen molar-refractivity contribution in [1.29, 1.82) is 0 Å². The fourth-order valence-electron chi connectivity index (χ4n) is 1.78. The van der Waals surface area contributed by atoms with E-state index in [1.165, 1.54) is 5.56 Å². The molecule has 0 radical (unpaired) electrons. The number of hydrogen-bond acceptors (Lipinski definition) is 2. The van der Waals surface area contributed by atoms with Crippen LogP contribution < -0.4 is 4.74 Å². The highest BCUT2D eigenvalue weighted by Gasteiger charge is 2.09. The summed E-state index contributed by atoms with van der Waals surface area (Å²) in [6.07, 6.45) is 7.56. The minimum Gasteiger partial charge on any atom is -0.504 e. The van der Waals surface area contributed by atoms with Gasteiger partial charge in [0.2, 0.25) is 0 Å². The first-order valence-corrected chi connectivity index (χ1v) is 4.87. The molecule has 0 atom stereocenters. The Bertz CT molecular complexity index is 367. The lowest BCUT2D eigenvalue weighted by atomic mass is 10.0. The molecule has 0 unspecified atom stereocenters. The monoisotopic (exact) mass is 190 g/mol. The molecule has 0 spiro atoms. The van der Waals surface area contributed by atoms with Gasteiger partial charge in [0.15, 0.2) is 11.5 Å². The Morgan fingerprint density at radius 3 is 3.00 bits per heavy atom. The predicted octanol–water partition coefficient (Wildman–Crippen LogP) is 2.75. The summed E-state index contributed by atoms with van der Waals surface area (Å²) in [6.45, 7) is 0. The van der Waals surface area contributed by atoms with Crippen LogP contribution in [0.5, 0.6) is 11.5 Å². The Morgan fingerprint density at radius 2 is 2.21 bits per heavy atom. The van der Waals surface area contributed by atoms with Gasteiger partial charge in [0.05, 0.1) is 7.11 Å². The van der Waals surface area contributed by atoms with Gasteiger partial charge in [0, 0.05) is 0 Å². The smallest absolute Gasteiger partial charge is 0.161 e. The second-order valence-electron chi connectivity index (χ2n) is 3.52. The van der Waals surface area contributed by atoms with Gasteiger partial charge in [-0.2, -0.15) is 0 Å². The van der Waals surface area contributed by atoms with Crippen molar-refractivity contribution >= 4 is 6.08 Å². The molecule has 0 aromatic heterocycles. The van der Waals surface area contributed by atoms with Crippen LogP contribution in [0.1, 0.15) is 24.0 Å². The van der Waals surface area contributed by atoms with Crippen molar-refractivity contribution in [1.82, 2.24) is 0 Å². The highest BCUT2D eigenvalue weighted by molar-refractivity contribution is 5.60. The fraction of sp³-hybridized carbons (Fsp3) is 0.333. The summed E-state index contributed by atoms with van der Waals surface area (Å²) in [5.74, 6) is 0.789. The van der Waals surface area contributed by atoms with Gasteiger partial charge < -0.3 is 9.84 Å². The molecule has 0 heterocycles. The van der Waals surface area contributed by atoms with Gasteiger partial charge in [-0.3, -0.25) is 0 Å². The number of aryl methyl sites for hydroxylation is 1. The van der Waals surface area contributed by atoms with E-state index in [-0.39, 0.29) is 5.75 Å². The van der Waals surface area contributed by atoms with Crippen LogP contribution in [0.3, 0.4) is 0 Å². The van der Waals surface area contributed by atoms with Gasteiger partial charge in [-0.15, -0.1) is 0 Å². The molecule has 1 aliphatic rings. The minimum atomic E-state index is 0.238. The molecule has 1 N–H and O–H groups in total. The number of methoxy groups -OCH3 is 1. The van der Waals surface area contributed by atoms with E-state index in [1.54, 1.807) is 7.11 Å². The van der Waals surface area contributed by atoms with Crippen LogP contribution in [-0.2, 0) is 6.42 Å². The standard InChI is InChI=1S/C12H14O2/c1-14-12-8-10-6-4-2-3-5-9(10)7-11(12)13/h4,6-8,13H,2-3,5H2,1H3. The fourth-order valence-corrected chi connectivity index (χ4v) is 1.78. The molecule has 2 heteroatoms. The van der Waals surface area contributed by atoms with Crippen molar-refractivity contribution in [2.75, 3.05) is 7.11 Å². The molecule has 0 saturated carbocycles. The van der Waals surface area contributed by atoms with E-state index in [2.05, 4.69) is 12.2 Å². The van der Waals surface area contributed by atoms with E-state index >= 15 is 0 Å². The van der Waals surface area contributed by atoms with E-state index < -0.39 is 0 Å². The number of hydrogen-bond donors (Lipinski definition) is 1. The second kappa shape index (κ2) is 3.74. The van der Waals surface area contributed by atoms with Crippen LogP contribution in [0, 0.1) is 0 Å². The molecule has 14 heavy (non-hydrogen) atoms. The number of allylic oxidation sites excluding steroid dienone is 1. The first-order chi connectivity index (χ1) is 6.81. The summed E-state index contributed by atoms with van der Waals surface area (Å²) in [7, 11) is 1.57. The Kier molecular flexibility index (Phi) is 2.44. The summed E-state index contributed by atoms with van der Waals surface area (Å²) in [5, 5.41) is 9.61. The number of phenolic OH excluding ortho intramolecular Hbond substituents is 1. The normalized spacial score (nSPS) is 14.6. The number of benzene rings is 1. The summed E-state index contributed by atoms with van der Waals surface area (Å²) in [4.78, 5) is 0. The maximum Gasteiger partial charge on any atom is 0.161 e. The zero-order valence-corrected chi connectivity index (χ0v) is 8.29. The molecule has 0 amide bonds. The molecule has 2 nitrogen and oxygen atoms in total. The van der Waals surface area contributed by atoms with Gasteiger partial charge in [-0.1, -0.05) is 12.2 Å². The largest absolute Gasteiger partial charge is 0.504 e. The number of ether oxygens (including phenoxy) is 1. The second-order valence-corrected chi connectivity index (χ2v) is 3.52. The Labute approximate surface area is 83.8 Å². The highest BCUT2D eigenvalue weighted by atomic mass is 16.5. The first kappa shape index (κ1) is 9.13. The van der Waals surface area contributed by atoms with E-state index in [9.17, 15) is 5.11 Å². The quantitative estimate of drug-likeness (QED) is 0.737. The number of rotatable bonds is 1. The van der Waals surface area contributed by atoms with Crippen LogP contribution in [0.4, 0.5) is 0 Å². The molecule has 1 aromatic carbocycles. The van der Waals surface area contributed by atoms with E-state index in [1.807, 2.05) is 12.1 Å². The van der Waals surface area contributed by atoms with Crippen LogP contribution in [-0.4, -0.2) is 12.2 Å². The maximum atomic E-state index is 9.61. The lowest BCUT2D eigenvalue weighted by Gasteiger charge is -2.08. The number of phenols is 1. The van der Waals surface area contributed by atoms with E-state index in [0.29, 0.717) is 5.75 Å². The van der Waals surface area contributed by atoms with Gasteiger partial charge in [-0.05, 0) is 42.5 Å². The topological polar surface area (TPSA) is 29.5 Å². The first-order valence-electron chi connectivity index (χ1n) is 4.87. The predicted molar refractivity (Wildman–Crippen MR) is 56.6 cm³/mol. The highest BCUT2D eigenvalue weighted by Crippen LogP contribution is 2.32. The third-order valence-corrected chi connectivity index (χ3v) is 2.56. The molecule has 0 aliphatic heterocycles. The molecule has 1 aromatic rings. The van der Waals surface area contributed by atoms with Gasteiger partial charge in [0.1, 0.15) is 0 Å². The third kappa shape index (κ3) is 1.60. The van der Waals surface area contributed by atoms with Gasteiger partial charge in [0.25, 0.3) is 0 Å². The summed E-state index contributed by atoms with van der Waals surface area (Å²) in [5.41, 5.74) is 2.37. The van der Waals surface area contributed by atoms with Crippen LogP contribution in [0.15, 0.2) is 18.2 Å². The summed E-state index contributed by atoms with van der Waals surface area (Å²) < 4.78 is 5.07. The average Bonchev–Trinajstić information content (AvgIpc) is 2.41. The van der Waals surface area contributed by atoms with Crippen molar-refractivity contribution < 1.29 is 9.84 Å². The minimum absolute atomic E-state index is 0.238. The molecular weight excluding hydrogens is 176 g/mol. The van der Waals surface area contributed by atoms with E-state index in [4.69, 9.17) is 4.74 Å². The molecule has 0 saturated heterocycles. The molecular formula is C12H14O2. The van der Waals surface area contributed by atoms with Crippen molar-refractivity contribution in [3.8, 4) is 11.5 Å². The number of aromatic hydroxyl groups is 1. The van der Waals surface area contributed by atoms with Crippen LogP contribution >= 0.6 is 0 Å². The molecule has 2 rings (SSSR count). The molecule has 1 aliphatic carbocycles. The van der Waals surface area contributed by atoms with Gasteiger partial charge in [-0.25, -0.2) is 0 Å². The molecule has 0 bridgehead atoms.